The van der Waals surface area contributed by atoms with Crippen LogP contribution in [0.15, 0.2) is 168 Å². The van der Waals surface area contributed by atoms with Gasteiger partial charge in [0, 0.05) is 54.6 Å². The van der Waals surface area contributed by atoms with E-state index in [1.165, 1.54) is 22.3 Å². The fourth-order valence-corrected chi connectivity index (χ4v) is 8.62. The molecule has 7 aromatic carbocycles. The molecule has 3 heterocycles. The summed E-state index contributed by atoms with van der Waals surface area (Å²) in [4.78, 5) is 15.8. The maximum Gasteiger partial charge on any atom is 0.160 e. The highest BCUT2D eigenvalue weighted by atomic mass is 16.3. The number of hydrogen-bond donors (Lipinski definition) is 0. The number of fused-ring (bicyclic) bond motifs is 10. The molecule has 0 atom stereocenters. The fourth-order valence-electron chi connectivity index (χ4n) is 8.62. The van der Waals surface area contributed by atoms with Crippen molar-refractivity contribution in [3.8, 4) is 56.3 Å². The van der Waals surface area contributed by atoms with Crippen molar-refractivity contribution < 1.29 is 4.42 Å². The van der Waals surface area contributed by atoms with Crippen LogP contribution in [0, 0.1) is 0 Å². The normalized spacial score (nSPS) is 13.1. The van der Waals surface area contributed by atoms with Crippen LogP contribution in [0.5, 0.6) is 0 Å². The highest BCUT2D eigenvalue weighted by molar-refractivity contribution is 6.28. The highest BCUT2D eigenvalue weighted by Crippen LogP contribution is 2.49. The fraction of sp³-hybridized carbons (Fsp3) is 0.0600. The molecular formula is C50H33N3O. The molecule has 1 aliphatic rings. The van der Waals surface area contributed by atoms with Gasteiger partial charge in [0.15, 0.2) is 5.82 Å². The van der Waals surface area contributed by atoms with Gasteiger partial charge in [0.25, 0.3) is 0 Å². The van der Waals surface area contributed by atoms with E-state index in [0.29, 0.717) is 5.82 Å². The van der Waals surface area contributed by atoms with Gasteiger partial charge in [-0.1, -0.05) is 141 Å². The van der Waals surface area contributed by atoms with Crippen LogP contribution < -0.4 is 0 Å². The zero-order chi connectivity index (χ0) is 36.0. The zero-order valence-corrected chi connectivity index (χ0v) is 29.8. The van der Waals surface area contributed by atoms with Crippen molar-refractivity contribution in [3.63, 3.8) is 0 Å². The van der Waals surface area contributed by atoms with Crippen molar-refractivity contribution in [1.82, 2.24) is 15.0 Å². The molecule has 254 valence electrons. The van der Waals surface area contributed by atoms with Crippen molar-refractivity contribution in [2.45, 2.75) is 19.3 Å². The molecule has 10 aromatic rings. The smallest absolute Gasteiger partial charge is 0.160 e. The van der Waals surface area contributed by atoms with Gasteiger partial charge in [-0.15, -0.1) is 0 Å². The molecular weight excluding hydrogens is 659 g/mol. The summed E-state index contributed by atoms with van der Waals surface area (Å²) in [5, 5.41) is 5.52. The number of benzene rings is 7. The maximum atomic E-state index is 6.38. The monoisotopic (exact) mass is 691 g/mol. The summed E-state index contributed by atoms with van der Waals surface area (Å²) in [5.74, 6) is 0.687. The quantitative estimate of drug-likeness (QED) is 0.172. The lowest BCUT2D eigenvalue weighted by Gasteiger charge is -2.21. The first-order valence-corrected chi connectivity index (χ1v) is 18.4. The van der Waals surface area contributed by atoms with Crippen LogP contribution in [-0.4, -0.2) is 15.0 Å². The van der Waals surface area contributed by atoms with E-state index < -0.39 is 0 Å². The molecule has 0 saturated heterocycles. The van der Waals surface area contributed by atoms with E-state index in [-0.39, 0.29) is 5.41 Å². The SMILES string of the molecule is CC1(C)c2ccccc2-c2cc(-c3cc(-c4ccc5c(c4)nc(-c4ccccc4)c4ccc6oc7ccccc7c6c45)nc(-c4ccccc4)n3)ccc21. The van der Waals surface area contributed by atoms with Crippen molar-refractivity contribution >= 4 is 43.6 Å². The predicted molar refractivity (Wildman–Crippen MR) is 221 cm³/mol. The Morgan fingerprint density at radius 1 is 0.426 bits per heavy atom. The molecule has 0 unspecified atom stereocenters. The summed E-state index contributed by atoms with van der Waals surface area (Å²) in [5.41, 5.74) is 14.6. The highest BCUT2D eigenvalue weighted by Gasteiger charge is 2.35. The third-order valence-corrected chi connectivity index (χ3v) is 11.3. The van der Waals surface area contributed by atoms with Crippen molar-refractivity contribution in [3.05, 3.63) is 175 Å². The minimum Gasteiger partial charge on any atom is -0.456 e. The molecule has 0 radical (unpaired) electrons. The molecule has 0 fully saturated rings. The number of aromatic nitrogens is 3. The van der Waals surface area contributed by atoms with Gasteiger partial charge in [0.05, 0.1) is 22.6 Å². The Kier molecular flexibility index (Phi) is 6.56. The Balaban J connectivity index is 1.15. The van der Waals surface area contributed by atoms with Crippen LogP contribution in [0.1, 0.15) is 25.0 Å². The molecule has 11 rings (SSSR count). The van der Waals surface area contributed by atoms with E-state index in [1.807, 2.05) is 36.4 Å². The Hall–Kier alpha value is -6.91. The first kappa shape index (κ1) is 30.7. The van der Waals surface area contributed by atoms with Crippen LogP contribution in [0.4, 0.5) is 0 Å². The summed E-state index contributed by atoms with van der Waals surface area (Å²) in [6.45, 7) is 4.63. The Morgan fingerprint density at radius 3 is 1.89 bits per heavy atom. The van der Waals surface area contributed by atoms with E-state index in [4.69, 9.17) is 19.4 Å². The minimum atomic E-state index is -0.0638. The van der Waals surface area contributed by atoms with Gasteiger partial charge in [0.2, 0.25) is 0 Å². The molecule has 4 nitrogen and oxygen atoms in total. The van der Waals surface area contributed by atoms with Crippen molar-refractivity contribution in [2.24, 2.45) is 0 Å². The van der Waals surface area contributed by atoms with Gasteiger partial charge in [-0.3, -0.25) is 0 Å². The molecule has 0 amide bonds. The van der Waals surface area contributed by atoms with Crippen LogP contribution in [0.3, 0.4) is 0 Å². The van der Waals surface area contributed by atoms with Gasteiger partial charge in [0.1, 0.15) is 11.2 Å². The Morgan fingerprint density at radius 2 is 1.07 bits per heavy atom. The largest absolute Gasteiger partial charge is 0.456 e. The van der Waals surface area contributed by atoms with Crippen LogP contribution in [0.25, 0.3) is 99.9 Å². The van der Waals surface area contributed by atoms with E-state index >= 15 is 0 Å². The molecule has 0 aliphatic heterocycles. The predicted octanol–water partition coefficient (Wildman–Crippen LogP) is 13.1. The number of rotatable bonds is 4. The van der Waals surface area contributed by atoms with E-state index in [0.717, 1.165) is 82.9 Å². The lowest BCUT2D eigenvalue weighted by Crippen LogP contribution is -2.14. The third kappa shape index (κ3) is 4.60. The molecule has 54 heavy (non-hydrogen) atoms. The standard InChI is InChI=1S/C50H33N3O/c1-50(2)39-19-11-9-17-34(39)38-27-32(22-25-40(38)50)41-29-42(53-49(52-41)31-15-7-4-8-16-31)33-21-23-35-43(28-33)51-48(30-13-5-3-6-14-30)37-24-26-45-47(46(35)37)36-18-10-12-20-44(36)54-45/h3-29H,1-2H3. The number of pyridine rings is 1. The van der Waals surface area contributed by atoms with Crippen LogP contribution >= 0.6 is 0 Å². The second-order valence-corrected chi connectivity index (χ2v) is 14.8. The molecule has 0 bridgehead atoms. The summed E-state index contributed by atoms with van der Waals surface area (Å²) in [6, 6.07) is 57.5. The first-order chi connectivity index (χ1) is 26.5. The lowest BCUT2D eigenvalue weighted by atomic mass is 9.82. The van der Waals surface area contributed by atoms with E-state index in [2.05, 4.69) is 141 Å². The van der Waals surface area contributed by atoms with Gasteiger partial charge >= 0.3 is 0 Å². The second kappa shape index (κ2) is 11.5. The average molecular weight is 692 g/mol. The maximum absolute atomic E-state index is 6.38. The Labute approximate surface area is 312 Å². The third-order valence-electron chi connectivity index (χ3n) is 11.3. The number of hydrogen-bond acceptors (Lipinski definition) is 4. The van der Waals surface area contributed by atoms with Crippen LogP contribution in [0.2, 0.25) is 0 Å². The van der Waals surface area contributed by atoms with E-state index in [9.17, 15) is 0 Å². The topological polar surface area (TPSA) is 51.8 Å². The number of para-hydroxylation sites is 1. The van der Waals surface area contributed by atoms with Crippen LogP contribution in [-0.2, 0) is 5.41 Å². The molecule has 3 aromatic heterocycles. The summed E-state index contributed by atoms with van der Waals surface area (Å²) in [6.07, 6.45) is 0. The van der Waals surface area contributed by atoms with Crippen molar-refractivity contribution in [2.75, 3.05) is 0 Å². The van der Waals surface area contributed by atoms with E-state index in [1.54, 1.807) is 0 Å². The second-order valence-electron chi connectivity index (χ2n) is 14.8. The molecule has 0 saturated carbocycles. The number of nitrogens with zero attached hydrogens (tertiary/aromatic N) is 3. The lowest BCUT2D eigenvalue weighted by molar-refractivity contribution is 0.660. The zero-order valence-electron chi connectivity index (χ0n) is 29.8. The molecule has 0 N–H and O–H groups in total. The average Bonchev–Trinajstić information content (AvgIpc) is 3.72. The van der Waals surface area contributed by atoms with Crippen molar-refractivity contribution in [1.29, 1.82) is 0 Å². The molecule has 1 aliphatic carbocycles. The minimum absolute atomic E-state index is 0.0638. The summed E-state index contributed by atoms with van der Waals surface area (Å²) < 4.78 is 6.38. The Bertz CT molecular complexity index is 3120. The summed E-state index contributed by atoms with van der Waals surface area (Å²) >= 11 is 0. The molecule has 0 spiro atoms. The van der Waals surface area contributed by atoms with Gasteiger partial charge in [-0.2, -0.15) is 0 Å². The first-order valence-electron chi connectivity index (χ1n) is 18.4. The van der Waals surface area contributed by atoms with Gasteiger partial charge in [-0.25, -0.2) is 15.0 Å². The van der Waals surface area contributed by atoms with Gasteiger partial charge < -0.3 is 4.42 Å². The van der Waals surface area contributed by atoms with Gasteiger partial charge in [-0.05, 0) is 58.7 Å². The molecule has 4 heteroatoms. The summed E-state index contributed by atoms with van der Waals surface area (Å²) in [7, 11) is 0. The number of furan rings is 1.